The molecule has 0 radical (unpaired) electrons. The van der Waals surface area contributed by atoms with Gasteiger partial charge in [-0.2, -0.15) is 4.98 Å². The lowest BCUT2D eigenvalue weighted by atomic mass is 9.72. The second kappa shape index (κ2) is 8.27. The maximum Gasteiger partial charge on any atom is 0.302 e. The molecule has 0 unspecified atom stereocenters. The minimum atomic E-state index is -0.195. The molecule has 1 amide bonds. The molecule has 1 heterocycles. The van der Waals surface area contributed by atoms with Crippen molar-refractivity contribution in [1.82, 2.24) is 4.98 Å². The second-order valence-electron chi connectivity index (χ2n) is 9.28. The summed E-state index contributed by atoms with van der Waals surface area (Å²) in [6.45, 7) is 11.6. The molecule has 3 aromatic rings. The first-order valence-electron chi connectivity index (χ1n) is 10.0. The van der Waals surface area contributed by atoms with Gasteiger partial charge in [-0.05, 0) is 47.1 Å². The van der Waals surface area contributed by atoms with Crippen LogP contribution in [0.1, 0.15) is 53.0 Å². The molecule has 0 bridgehead atoms. The highest BCUT2D eigenvalue weighted by Crippen LogP contribution is 2.36. The number of ether oxygens (including phenoxy) is 1. The predicted octanol–water partition coefficient (Wildman–Crippen LogP) is 5.95. The van der Waals surface area contributed by atoms with Crippen LogP contribution in [0.5, 0.6) is 5.75 Å². The number of carbonyl (C=O) groups is 1. The number of nitrogens with zero attached hydrogens (tertiary/aromatic N) is 1. The Labute approximate surface area is 172 Å². The van der Waals surface area contributed by atoms with Crippen LogP contribution in [0.25, 0.3) is 11.1 Å². The van der Waals surface area contributed by atoms with Crippen molar-refractivity contribution in [2.24, 2.45) is 5.41 Å². The topological polar surface area (TPSA) is 64.4 Å². The van der Waals surface area contributed by atoms with Gasteiger partial charge in [0, 0.05) is 0 Å². The molecule has 0 aliphatic rings. The van der Waals surface area contributed by atoms with Crippen molar-refractivity contribution in [2.45, 2.75) is 52.9 Å². The van der Waals surface area contributed by atoms with E-state index in [4.69, 9.17) is 9.15 Å². The van der Waals surface area contributed by atoms with Crippen LogP contribution in [0, 0.1) is 5.41 Å². The van der Waals surface area contributed by atoms with Gasteiger partial charge in [-0.3, -0.25) is 10.1 Å². The van der Waals surface area contributed by atoms with E-state index in [1.54, 1.807) is 0 Å². The van der Waals surface area contributed by atoms with Crippen LogP contribution >= 0.6 is 0 Å². The molecule has 0 spiro atoms. The molecular weight excluding hydrogens is 364 g/mol. The average molecular weight is 395 g/mol. The lowest BCUT2D eigenvalue weighted by Gasteiger charge is -2.33. The van der Waals surface area contributed by atoms with Crippen LogP contribution in [-0.2, 0) is 10.2 Å². The van der Waals surface area contributed by atoms with E-state index in [9.17, 15) is 4.79 Å². The number of para-hydroxylation sites is 2. The summed E-state index contributed by atoms with van der Waals surface area (Å²) in [6.07, 6.45) is 1.31. The van der Waals surface area contributed by atoms with Crippen molar-refractivity contribution in [2.75, 3.05) is 11.9 Å². The molecule has 154 valence electrons. The van der Waals surface area contributed by atoms with Crippen molar-refractivity contribution in [3.05, 3.63) is 54.1 Å². The molecule has 1 aromatic heterocycles. The highest BCUT2D eigenvalue weighted by atomic mass is 16.5. The summed E-state index contributed by atoms with van der Waals surface area (Å²) in [4.78, 5) is 16.3. The van der Waals surface area contributed by atoms with Crippen LogP contribution in [0.3, 0.4) is 0 Å². The zero-order chi connectivity index (χ0) is 21.1. The Hall–Kier alpha value is -2.82. The normalized spacial score (nSPS) is 12.2. The Morgan fingerprint density at radius 1 is 1.03 bits per heavy atom. The third-order valence-corrected chi connectivity index (χ3v) is 4.75. The lowest BCUT2D eigenvalue weighted by Crippen LogP contribution is -2.24. The van der Waals surface area contributed by atoms with E-state index in [-0.39, 0.29) is 35.8 Å². The quantitative estimate of drug-likeness (QED) is 0.538. The van der Waals surface area contributed by atoms with Gasteiger partial charge in [-0.25, -0.2) is 0 Å². The van der Waals surface area contributed by atoms with Gasteiger partial charge in [0.15, 0.2) is 5.58 Å². The summed E-state index contributed by atoms with van der Waals surface area (Å²) in [5.41, 5.74) is 3.01. The van der Waals surface area contributed by atoms with Gasteiger partial charge in [0.1, 0.15) is 11.3 Å². The van der Waals surface area contributed by atoms with Gasteiger partial charge in [-0.15, -0.1) is 0 Å². The highest BCUT2D eigenvalue weighted by molar-refractivity contribution is 5.90. The summed E-state index contributed by atoms with van der Waals surface area (Å²) in [7, 11) is 0. The Balaban J connectivity index is 1.49. The SMILES string of the molecule is CC(C)(C)CC(C)(C)c1ccc(OCCC(=O)Nc2nc3ccccc3o2)cc1. The number of nitrogens with one attached hydrogen (secondary N) is 1. The first kappa shape index (κ1) is 20.9. The number of benzene rings is 2. The van der Waals surface area contributed by atoms with Crippen LogP contribution < -0.4 is 10.1 Å². The molecule has 0 saturated carbocycles. The van der Waals surface area contributed by atoms with Crippen molar-refractivity contribution in [1.29, 1.82) is 0 Å². The summed E-state index contributed by atoms with van der Waals surface area (Å²) < 4.78 is 11.2. The maximum atomic E-state index is 12.1. The van der Waals surface area contributed by atoms with Crippen molar-refractivity contribution in [3.63, 3.8) is 0 Å². The third kappa shape index (κ3) is 5.83. The number of amides is 1. The molecule has 0 aliphatic heterocycles. The summed E-state index contributed by atoms with van der Waals surface area (Å²) >= 11 is 0. The van der Waals surface area contributed by atoms with Gasteiger partial charge in [-0.1, -0.05) is 58.9 Å². The van der Waals surface area contributed by atoms with Gasteiger partial charge in [0.2, 0.25) is 5.91 Å². The number of fused-ring (bicyclic) bond motifs is 1. The average Bonchev–Trinajstić information content (AvgIpc) is 3.02. The van der Waals surface area contributed by atoms with Crippen LogP contribution in [0.4, 0.5) is 6.01 Å². The third-order valence-electron chi connectivity index (χ3n) is 4.75. The van der Waals surface area contributed by atoms with Gasteiger partial charge in [0.25, 0.3) is 0 Å². The molecule has 2 aromatic carbocycles. The molecule has 0 atom stereocenters. The van der Waals surface area contributed by atoms with E-state index < -0.39 is 0 Å². The van der Waals surface area contributed by atoms with Crippen LogP contribution in [0.2, 0.25) is 0 Å². The zero-order valence-electron chi connectivity index (χ0n) is 17.9. The lowest BCUT2D eigenvalue weighted by molar-refractivity contribution is -0.116. The molecular formula is C24H30N2O3. The first-order valence-corrected chi connectivity index (χ1v) is 10.0. The largest absolute Gasteiger partial charge is 0.493 e. The number of aromatic nitrogens is 1. The Bertz CT molecular complexity index is 933. The maximum absolute atomic E-state index is 12.1. The zero-order valence-corrected chi connectivity index (χ0v) is 17.9. The van der Waals surface area contributed by atoms with E-state index in [1.165, 1.54) is 5.56 Å². The number of carbonyl (C=O) groups excluding carboxylic acids is 1. The standard InChI is InChI=1S/C24H30N2O3/c1-23(2,3)16-24(4,5)17-10-12-18(13-11-17)28-15-14-21(27)26-22-25-19-8-6-7-9-20(19)29-22/h6-13H,14-16H2,1-5H3,(H,25,26,27). The van der Waals surface area contributed by atoms with E-state index in [0.717, 1.165) is 12.2 Å². The van der Waals surface area contributed by atoms with E-state index >= 15 is 0 Å². The fourth-order valence-electron chi connectivity index (χ4n) is 3.80. The number of hydrogen-bond acceptors (Lipinski definition) is 4. The Morgan fingerprint density at radius 2 is 1.72 bits per heavy atom. The van der Waals surface area contributed by atoms with Gasteiger partial charge in [0.05, 0.1) is 13.0 Å². The van der Waals surface area contributed by atoms with E-state index in [1.807, 2.05) is 36.4 Å². The molecule has 0 fully saturated rings. The Kier molecular flexibility index (Phi) is 5.96. The number of anilines is 1. The summed E-state index contributed by atoms with van der Waals surface area (Å²) in [5, 5.41) is 2.67. The smallest absolute Gasteiger partial charge is 0.302 e. The second-order valence-corrected chi connectivity index (χ2v) is 9.28. The molecule has 3 rings (SSSR count). The first-order chi connectivity index (χ1) is 13.6. The minimum absolute atomic E-state index is 0.0935. The van der Waals surface area contributed by atoms with Crippen molar-refractivity contribution >= 4 is 23.0 Å². The molecule has 5 nitrogen and oxygen atoms in total. The molecule has 1 N–H and O–H groups in total. The number of hydrogen-bond donors (Lipinski definition) is 1. The highest BCUT2D eigenvalue weighted by Gasteiger charge is 2.27. The minimum Gasteiger partial charge on any atom is -0.493 e. The summed E-state index contributed by atoms with van der Waals surface area (Å²) in [5.74, 6) is 0.564. The number of rotatable bonds is 7. The molecule has 5 heteroatoms. The van der Waals surface area contributed by atoms with Crippen molar-refractivity contribution in [3.8, 4) is 5.75 Å². The number of oxazole rings is 1. The molecule has 29 heavy (non-hydrogen) atoms. The predicted molar refractivity (Wildman–Crippen MR) is 116 cm³/mol. The van der Waals surface area contributed by atoms with Crippen LogP contribution in [-0.4, -0.2) is 17.5 Å². The van der Waals surface area contributed by atoms with E-state index in [0.29, 0.717) is 11.1 Å². The van der Waals surface area contributed by atoms with Gasteiger partial charge >= 0.3 is 6.01 Å². The molecule has 0 aliphatic carbocycles. The summed E-state index contributed by atoms with van der Waals surface area (Å²) in [6, 6.07) is 15.8. The Morgan fingerprint density at radius 3 is 2.38 bits per heavy atom. The van der Waals surface area contributed by atoms with Gasteiger partial charge < -0.3 is 9.15 Å². The molecule has 0 saturated heterocycles. The van der Waals surface area contributed by atoms with E-state index in [2.05, 4.69) is 57.1 Å². The fraction of sp³-hybridized carbons (Fsp3) is 0.417. The van der Waals surface area contributed by atoms with Crippen LogP contribution in [0.15, 0.2) is 52.9 Å². The monoisotopic (exact) mass is 394 g/mol. The van der Waals surface area contributed by atoms with Crippen molar-refractivity contribution < 1.29 is 13.9 Å². The fourth-order valence-corrected chi connectivity index (χ4v) is 3.80.